The number of anilines is 2. The van der Waals surface area contributed by atoms with Crippen molar-refractivity contribution in [2.75, 3.05) is 42.9 Å². The molecule has 0 fully saturated rings. The van der Waals surface area contributed by atoms with Crippen LogP contribution in [0.2, 0.25) is 0 Å². The molecule has 0 aliphatic heterocycles. The number of para-hydroxylation sites is 1. The van der Waals surface area contributed by atoms with Gasteiger partial charge in [-0.2, -0.15) is 0 Å². The summed E-state index contributed by atoms with van der Waals surface area (Å²) in [5, 5.41) is 18.5. The van der Waals surface area contributed by atoms with Gasteiger partial charge in [-0.25, -0.2) is 4.99 Å². The highest BCUT2D eigenvalue weighted by atomic mass is 127. The Kier molecular flexibility index (Phi) is 12.3. The minimum atomic E-state index is -0.214. The molecule has 0 saturated heterocycles. The van der Waals surface area contributed by atoms with E-state index in [-0.39, 0.29) is 42.2 Å². The lowest BCUT2D eigenvalue weighted by Crippen LogP contribution is -2.39. The summed E-state index contributed by atoms with van der Waals surface area (Å²) >= 11 is 0. The monoisotopic (exact) mass is 525 g/mol. The summed E-state index contributed by atoms with van der Waals surface area (Å²) in [5.41, 5.74) is 1.85. The minimum absolute atomic E-state index is 0. The van der Waals surface area contributed by atoms with Gasteiger partial charge in [-0.3, -0.25) is 4.79 Å². The van der Waals surface area contributed by atoms with Gasteiger partial charge in [0.2, 0.25) is 5.91 Å². The molecule has 0 atom stereocenters. The molecule has 0 spiro atoms. The summed E-state index contributed by atoms with van der Waals surface area (Å²) in [5.74, 6) is 0.568. The molecule has 4 N–H and O–H groups in total. The fourth-order valence-electron chi connectivity index (χ4n) is 2.82. The molecule has 0 radical (unpaired) electrons. The number of benzene rings is 2. The highest BCUT2D eigenvalue weighted by Gasteiger charge is 2.05. The Morgan fingerprint density at radius 1 is 1.03 bits per heavy atom. The van der Waals surface area contributed by atoms with Gasteiger partial charge in [0.15, 0.2) is 5.96 Å². The van der Waals surface area contributed by atoms with Crippen molar-refractivity contribution in [3.63, 3.8) is 0 Å². The minimum Gasteiger partial charge on any atom is -0.508 e. The van der Waals surface area contributed by atoms with Gasteiger partial charge >= 0.3 is 0 Å². The summed E-state index contributed by atoms with van der Waals surface area (Å²) in [4.78, 5) is 18.7. The van der Waals surface area contributed by atoms with E-state index in [9.17, 15) is 9.90 Å². The van der Waals surface area contributed by atoms with Crippen molar-refractivity contribution >= 4 is 47.2 Å². The van der Waals surface area contributed by atoms with Gasteiger partial charge in [-0.05, 0) is 56.7 Å². The van der Waals surface area contributed by atoms with Crippen LogP contribution in [0.3, 0.4) is 0 Å². The first-order valence-electron chi connectivity index (χ1n) is 10.0. The lowest BCUT2D eigenvalue weighted by molar-refractivity contribution is -0.114. The van der Waals surface area contributed by atoms with Crippen LogP contribution in [0.15, 0.2) is 59.6 Å². The van der Waals surface area contributed by atoms with Crippen LogP contribution in [0.5, 0.6) is 5.75 Å². The number of halogens is 1. The van der Waals surface area contributed by atoms with E-state index < -0.39 is 0 Å². The second-order valence-corrected chi connectivity index (χ2v) is 6.49. The number of carbonyl (C=O) groups is 1. The number of rotatable bonds is 10. The second kappa shape index (κ2) is 14.5. The fourth-order valence-corrected chi connectivity index (χ4v) is 2.82. The molecule has 30 heavy (non-hydrogen) atoms. The molecule has 2 rings (SSSR count). The molecule has 2 aromatic carbocycles. The maximum Gasteiger partial charge on any atom is 0.246 e. The van der Waals surface area contributed by atoms with Crippen LogP contribution < -0.4 is 20.9 Å². The Morgan fingerprint density at radius 2 is 1.73 bits per heavy atom. The van der Waals surface area contributed by atoms with E-state index >= 15 is 0 Å². The van der Waals surface area contributed by atoms with Crippen molar-refractivity contribution in [3.8, 4) is 5.75 Å². The van der Waals surface area contributed by atoms with E-state index in [2.05, 4.69) is 57.0 Å². The van der Waals surface area contributed by atoms with Crippen LogP contribution in [-0.2, 0) is 4.79 Å². The van der Waals surface area contributed by atoms with Crippen molar-refractivity contribution in [1.29, 1.82) is 0 Å². The van der Waals surface area contributed by atoms with Crippen molar-refractivity contribution in [2.24, 2.45) is 4.99 Å². The molecule has 0 aromatic heterocycles. The SMILES string of the molecule is CCNC(=NCC(=O)Nc1ccc(O)cc1)NCCCN(CC)c1ccccc1.I. The molecule has 0 saturated carbocycles. The molecule has 0 unspecified atom stereocenters. The van der Waals surface area contributed by atoms with Gasteiger partial charge in [0.05, 0.1) is 0 Å². The van der Waals surface area contributed by atoms with Gasteiger partial charge < -0.3 is 26.0 Å². The molecule has 7 nitrogen and oxygen atoms in total. The Balaban J connectivity index is 0.00000450. The predicted octanol–water partition coefficient (Wildman–Crippen LogP) is 3.42. The number of aromatic hydroxyl groups is 1. The van der Waals surface area contributed by atoms with Crippen molar-refractivity contribution in [1.82, 2.24) is 10.6 Å². The number of nitrogens with one attached hydrogen (secondary N) is 3. The number of hydrogen-bond donors (Lipinski definition) is 4. The topological polar surface area (TPSA) is 89.0 Å². The van der Waals surface area contributed by atoms with Gasteiger partial charge in [-0.15, -0.1) is 24.0 Å². The summed E-state index contributed by atoms with van der Waals surface area (Å²) in [7, 11) is 0. The first-order valence-corrected chi connectivity index (χ1v) is 10.0. The molecule has 0 aliphatic carbocycles. The van der Waals surface area contributed by atoms with Gasteiger partial charge in [0.1, 0.15) is 12.3 Å². The van der Waals surface area contributed by atoms with E-state index in [0.717, 1.165) is 32.6 Å². The number of hydrogen-bond acceptors (Lipinski definition) is 4. The third kappa shape index (κ3) is 9.34. The van der Waals surface area contributed by atoms with Crippen LogP contribution in [-0.4, -0.2) is 49.7 Å². The standard InChI is InChI=1S/C22H31N5O2.HI/c1-3-23-22(25-17-21(29)26-18-11-13-20(28)14-12-18)24-15-8-16-27(4-2)19-9-6-5-7-10-19;/h5-7,9-14,28H,3-4,8,15-17H2,1-2H3,(H,26,29)(H2,23,24,25);1H. The average molecular weight is 525 g/mol. The normalized spacial score (nSPS) is 10.7. The third-order valence-electron chi connectivity index (χ3n) is 4.28. The summed E-state index contributed by atoms with van der Waals surface area (Å²) in [6, 6.07) is 16.7. The third-order valence-corrected chi connectivity index (χ3v) is 4.28. The Labute approximate surface area is 196 Å². The summed E-state index contributed by atoms with van der Waals surface area (Å²) in [6.45, 7) is 7.52. The second-order valence-electron chi connectivity index (χ2n) is 6.49. The quantitative estimate of drug-likeness (QED) is 0.126. The van der Waals surface area contributed by atoms with Gasteiger partial charge in [0.25, 0.3) is 0 Å². The number of nitrogens with zero attached hydrogens (tertiary/aromatic N) is 2. The molecule has 8 heteroatoms. The fraction of sp³-hybridized carbons (Fsp3) is 0.364. The number of phenols is 1. The molecule has 0 bridgehead atoms. The predicted molar refractivity (Wildman–Crippen MR) is 135 cm³/mol. The molecule has 1 amide bonds. The zero-order valence-corrected chi connectivity index (χ0v) is 19.9. The van der Waals surface area contributed by atoms with Crippen LogP contribution in [0.1, 0.15) is 20.3 Å². The highest BCUT2D eigenvalue weighted by Crippen LogP contribution is 2.14. The number of amides is 1. The molecule has 2 aromatic rings. The van der Waals surface area contributed by atoms with Gasteiger partial charge in [0, 0.05) is 37.6 Å². The van der Waals surface area contributed by atoms with Crippen molar-refractivity contribution < 1.29 is 9.90 Å². The number of carbonyl (C=O) groups excluding carboxylic acids is 1. The Hall–Kier alpha value is -2.49. The van der Waals surface area contributed by atoms with E-state index in [4.69, 9.17) is 0 Å². The molecule has 0 heterocycles. The summed E-state index contributed by atoms with van der Waals surface area (Å²) in [6.07, 6.45) is 0.951. The first-order chi connectivity index (χ1) is 14.1. The van der Waals surface area contributed by atoms with Crippen LogP contribution in [0, 0.1) is 0 Å². The van der Waals surface area contributed by atoms with E-state index in [1.807, 2.05) is 13.0 Å². The highest BCUT2D eigenvalue weighted by molar-refractivity contribution is 14.0. The molecule has 0 aliphatic rings. The average Bonchev–Trinajstić information content (AvgIpc) is 2.74. The number of aliphatic imine (C=N–C) groups is 1. The maximum atomic E-state index is 12.1. The number of phenolic OH excluding ortho intramolecular Hbond substituents is 1. The Bertz CT molecular complexity index is 769. The Morgan fingerprint density at radius 3 is 2.37 bits per heavy atom. The largest absolute Gasteiger partial charge is 0.508 e. The maximum absolute atomic E-state index is 12.1. The van der Waals surface area contributed by atoms with E-state index in [1.165, 1.54) is 17.8 Å². The summed E-state index contributed by atoms with van der Waals surface area (Å²) < 4.78 is 0. The lowest BCUT2D eigenvalue weighted by atomic mass is 10.2. The molecular formula is C22H32IN5O2. The zero-order chi connectivity index (χ0) is 20.9. The van der Waals surface area contributed by atoms with Crippen molar-refractivity contribution in [3.05, 3.63) is 54.6 Å². The van der Waals surface area contributed by atoms with Gasteiger partial charge in [-0.1, -0.05) is 18.2 Å². The zero-order valence-electron chi connectivity index (χ0n) is 17.6. The first kappa shape index (κ1) is 25.5. The van der Waals surface area contributed by atoms with Crippen LogP contribution in [0.25, 0.3) is 0 Å². The van der Waals surface area contributed by atoms with E-state index in [0.29, 0.717) is 11.6 Å². The number of guanidine groups is 1. The molecular weight excluding hydrogens is 493 g/mol. The van der Waals surface area contributed by atoms with Crippen LogP contribution >= 0.6 is 24.0 Å². The smallest absolute Gasteiger partial charge is 0.246 e. The van der Waals surface area contributed by atoms with E-state index in [1.54, 1.807) is 12.1 Å². The van der Waals surface area contributed by atoms with Crippen LogP contribution in [0.4, 0.5) is 11.4 Å². The lowest BCUT2D eigenvalue weighted by Gasteiger charge is -2.23. The molecule has 164 valence electrons. The van der Waals surface area contributed by atoms with Crippen molar-refractivity contribution in [2.45, 2.75) is 20.3 Å².